The highest BCUT2D eigenvalue weighted by atomic mass is 19.3. The van der Waals surface area contributed by atoms with Crippen LogP contribution >= 0.6 is 0 Å². The monoisotopic (exact) mass is 231 g/mol. The summed E-state index contributed by atoms with van der Waals surface area (Å²) in [4.78, 5) is 21.5. The van der Waals surface area contributed by atoms with Crippen molar-refractivity contribution in [3.05, 3.63) is 0 Å². The van der Waals surface area contributed by atoms with Gasteiger partial charge in [0.05, 0.1) is 7.11 Å². The first-order chi connectivity index (χ1) is 6.73. The molecular weight excluding hydrogens is 222 g/mol. The van der Waals surface area contributed by atoms with Crippen molar-refractivity contribution in [2.45, 2.75) is 12.3 Å². The molecule has 0 heterocycles. The minimum atomic E-state index is -4.79. The van der Waals surface area contributed by atoms with E-state index in [0.29, 0.717) is 0 Å². The molecule has 0 aliphatic rings. The van der Waals surface area contributed by atoms with Gasteiger partial charge in [0, 0.05) is 7.05 Å². The smallest absolute Gasteiger partial charge is 0.383 e. The van der Waals surface area contributed by atoms with Crippen LogP contribution in [-0.2, 0) is 14.3 Å². The normalized spacial score (nSPS) is 11.4. The van der Waals surface area contributed by atoms with Crippen LogP contribution in [0.2, 0.25) is 0 Å². The predicted molar refractivity (Wildman–Crippen MR) is 40.6 cm³/mol. The molecule has 0 aromatic carbocycles. The molecule has 4 nitrogen and oxygen atoms in total. The Hall–Kier alpha value is -1.34. The van der Waals surface area contributed by atoms with E-state index in [2.05, 4.69) is 4.74 Å². The molecule has 0 saturated heterocycles. The molecule has 0 atom stereocenters. The summed E-state index contributed by atoms with van der Waals surface area (Å²) < 4.78 is 52.4. The largest absolute Gasteiger partial charge is 0.468 e. The standard InChI is InChI=1S/C7H9F4NO3/c1-12(3-4(13)15-2)6(14)7(10,11)5(8)9/h5H,3H2,1-2H3. The fourth-order valence-corrected chi connectivity index (χ4v) is 0.678. The van der Waals surface area contributed by atoms with Gasteiger partial charge in [0.25, 0.3) is 5.91 Å². The van der Waals surface area contributed by atoms with Crippen molar-refractivity contribution in [3.63, 3.8) is 0 Å². The molecule has 15 heavy (non-hydrogen) atoms. The number of carbonyl (C=O) groups excluding carboxylic acids is 2. The Kier molecular flexibility index (Phi) is 4.50. The first-order valence-corrected chi connectivity index (χ1v) is 3.71. The lowest BCUT2D eigenvalue weighted by molar-refractivity contribution is -0.180. The number of rotatable bonds is 4. The summed E-state index contributed by atoms with van der Waals surface area (Å²) in [5, 5.41) is 0. The number of esters is 1. The number of alkyl halides is 4. The number of nitrogens with zero attached hydrogens (tertiary/aromatic N) is 1. The Bertz CT molecular complexity index is 257. The SMILES string of the molecule is COC(=O)CN(C)C(=O)C(F)(F)C(F)F. The van der Waals surface area contributed by atoms with Gasteiger partial charge in [0.1, 0.15) is 6.54 Å². The maximum Gasteiger partial charge on any atom is 0.383 e. The maximum atomic E-state index is 12.5. The van der Waals surface area contributed by atoms with Crippen LogP contribution in [0.15, 0.2) is 0 Å². The highest BCUT2D eigenvalue weighted by Gasteiger charge is 2.50. The van der Waals surface area contributed by atoms with E-state index in [0.717, 1.165) is 14.2 Å². The van der Waals surface area contributed by atoms with Crippen molar-refractivity contribution < 1.29 is 31.9 Å². The second kappa shape index (κ2) is 4.94. The number of amides is 1. The van der Waals surface area contributed by atoms with Crippen LogP contribution in [0.25, 0.3) is 0 Å². The molecule has 8 heteroatoms. The molecule has 0 saturated carbocycles. The van der Waals surface area contributed by atoms with Crippen molar-refractivity contribution in [1.82, 2.24) is 4.90 Å². The number of hydrogen-bond donors (Lipinski definition) is 0. The molecule has 0 radical (unpaired) electrons. The Morgan fingerprint density at radius 1 is 1.40 bits per heavy atom. The number of ether oxygens (including phenoxy) is 1. The number of methoxy groups -OCH3 is 1. The van der Waals surface area contributed by atoms with E-state index in [-0.39, 0.29) is 4.90 Å². The molecule has 0 aliphatic carbocycles. The lowest BCUT2D eigenvalue weighted by Gasteiger charge is -2.21. The quantitative estimate of drug-likeness (QED) is 0.523. The van der Waals surface area contributed by atoms with Gasteiger partial charge in [-0.15, -0.1) is 0 Å². The minimum Gasteiger partial charge on any atom is -0.468 e. The van der Waals surface area contributed by atoms with E-state index in [1.54, 1.807) is 0 Å². The fraction of sp³-hybridized carbons (Fsp3) is 0.714. The summed E-state index contributed by atoms with van der Waals surface area (Å²) in [7, 11) is 1.78. The lowest BCUT2D eigenvalue weighted by atomic mass is 10.3. The van der Waals surface area contributed by atoms with Crippen LogP contribution in [0.5, 0.6) is 0 Å². The number of carbonyl (C=O) groups is 2. The van der Waals surface area contributed by atoms with E-state index >= 15 is 0 Å². The molecule has 0 N–H and O–H groups in total. The van der Waals surface area contributed by atoms with E-state index in [4.69, 9.17) is 0 Å². The van der Waals surface area contributed by atoms with Gasteiger partial charge in [-0.25, -0.2) is 8.78 Å². The second-order valence-electron chi connectivity index (χ2n) is 2.66. The van der Waals surface area contributed by atoms with E-state index in [9.17, 15) is 27.2 Å². The van der Waals surface area contributed by atoms with Crippen molar-refractivity contribution in [1.29, 1.82) is 0 Å². The third-order valence-corrected chi connectivity index (χ3v) is 1.50. The third kappa shape index (κ3) is 3.37. The average Bonchev–Trinajstić information content (AvgIpc) is 2.15. The summed E-state index contributed by atoms with van der Waals surface area (Å²) in [5.74, 6) is -7.89. The Balaban J connectivity index is 4.51. The Morgan fingerprint density at radius 2 is 1.87 bits per heavy atom. The number of likely N-dealkylation sites (N-methyl/N-ethyl adjacent to an activating group) is 1. The predicted octanol–water partition coefficient (Wildman–Crippen LogP) is 0.518. The minimum absolute atomic E-state index is 0.179. The molecule has 0 aromatic heterocycles. The molecular formula is C7H9F4NO3. The summed E-state index contributed by atoms with van der Waals surface area (Å²) in [6, 6.07) is 0. The third-order valence-electron chi connectivity index (χ3n) is 1.50. The zero-order chi connectivity index (χ0) is 12.2. The lowest BCUT2D eigenvalue weighted by Crippen LogP contribution is -2.47. The van der Waals surface area contributed by atoms with E-state index in [1.807, 2.05) is 0 Å². The average molecular weight is 231 g/mol. The van der Waals surface area contributed by atoms with Crippen molar-refractivity contribution in [2.75, 3.05) is 20.7 Å². The number of halogens is 4. The van der Waals surface area contributed by atoms with Gasteiger partial charge in [-0.3, -0.25) is 9.59 Å². The van der Waals surface area contributed by atoms with Crippen molar-refractivity contribution in [3.8, 4) is 0 Å². The van der Waals surface area contributed by atoms with Gasteiger partial charge >= 0.3 is 18.3 Å². The zero-order valence-electron chi connectivity index (χ0n) is 7.97. The molecule has 0 spiro atoms. The van der Waals surface area contributed by atoms with Crippen molar-refractivity contribution in [2.24, 2.45) is 0 Å². The highest BCUT2D eigenvalue weighted by molar-refractivity contribution is 5.87. The summed E-state index contributed by atoms with van der Waals surface area (Å²) >= 11 is 0. The van der Waals surface area contributed by atoms with Crippen LogP contribution in [0.4, 0.5) is 17.6 Å². The van der Waals surface area contributed by atoms with Gasteiger partial charge in [-0.2, -0.15) is 8.78 Å². The summed E-state index contributed by atoms with van der Waals surface area (Å²) in [5.41, 5.74) is 0. The van der Waals surface area contributed by atoms with Gasteiger partial charge in [-0.1, -0.05) is 0 Å². The molecule has 0 aromatic rings. The molecule has 1 amide bonds. The molecule has 0 bridgehead atoms. The second-order valence-corrected chi connectivity index (χ2v) is 2.66. The molecule has 88 valence electrons. The Morgan fingerprint density at radius 3 is 2.20 bits per heavy atom. The van der Waals surface area contributed by atoms with E-state index < -0.39 is 30.8 Å². The molecule has 0 unspecified atom stereocenters. The van der Waals surface area contributed by atoms with Gasteiger partial charge in [0.2, 0.25) is 0 Å². The maximum absolute atomic E-state index is 12.5. The van der Waals surface area contributed by atoms with Crippen LogP contribution in [0.3, 0.4) is 0 Å². The van der Waals surface area contributed by atoms with Crippen LogP contribution in [0, 0.1) is 0 Å². The molecule has 0 fully saturated rings. The van der Waals surface area contributed by atoms with Gasteiger partial charge in [0.15, 0.2) is 0 Å². The van der Waals surface area contributed by atoms with E-state index in [1.165, 1.54) is 0 Å². The van der Waals surface area contributed by atoms with Gasteiger partial charge in [-0.05, 0) is 0 Å². The first-order valence-electron chi connectivity index (χ1n) is 3.71. The summed E-state index contributed by atoms with van der Waals surface area (Å²) in [6.45, 7) is -0.808. The Labute approximate surface area is 82.8 Å². The van der Waals surface area contributed by atoms with Crippen molar-refractivity contribution >= 4 is 11.9 Å². The zero-order valence-corrected chi connectivity index (χ0v) is 7.97. The number of hydrogen-bond acceptors (Lipinski definition) is 3. The van der Waals surface area contributed by atoms with Crippen LogP contribution in [0.1, 0.15) is 0 Å². The highest BCUT2D eigenvalue weighted by Crippen LogP contribution is 2.24. The molecule has 0 rings (SSSR count). The summed E-state index contributed by atoms with van der Waals surface area (Å²) in [6.07, 6.45) is -4.11. The van der Waals surface area contributed by atoms with Crippen LogP contribution in [-0.4, -0.2) is 49.8 Å². The van der Waals surface area contributed by atoms with Crippen LogP contribution < -0.4 is 0 Å². The fourth-order valence-electron chi connectivity index (χ4n) is 0.678. The van der Waals surface area contributed by atoms with Gasteiger partial charge < -0.3 is 9.64 Å². The molecule has 0 aliphatic heterocycles. The first kappa shape index (κ1) is 13.7. The topological polar surface area (TPSA) is 46.6 Å².